The first-order chi connectivity index (χ1) is 7.29. The van der Waals surface area contributed by atoms with E-state index >= 15 is 0 Å². The van der Waals surface area contributed by atoms with Gasteiger partial charge in [-0.15, -0.1) is 0 Å². The molecule has 2 aromatic heterocycles. The lowest BCUT2D eigenvalue weighted by molar-refractivity contribution is 0.720. The number of rotatable bonds is 4. The van der Waals surface area contributed by atoms with Crippen LogP contribution in [0.25, 0.3) is 0 Å². The van der Waals surface area contributed by atoms with E-state index in [1.54, 1.807) is 6.33 Å². The predicted octanol–water partition coefficient (Wildman–Crippen LogP) is 0.384. The topological polar surface area (TPSA) is 47.7 Å². The number of hydrogen-bond acceptors (Lipinski definition) is 3. The second-order valence-electron chi connectivity index (χ2n) is 3.56. The summed E-state index contributed by atoms with van der Waals surface area (Å²) in [5.41, 5.74) is 2.23. The van der Waals surface area contributed by atoms with Gasteiger partial charge in [-0.2, -0.15) is 0 Å². The molecule has 1 N–H and O–H groups in total. The van der Waals surface area contributed by atoms with Crippen molar-refractivity contribution in [1.29, 1.82) is 0 Å². The van der Waals surface area contributed by atoms with E-state index in [1.165, 1.54) is 5.69 Å². The Bertz CT molecular complexity index is 428. The zero-order valence-electron chi connectivity index (χ0n) is 9.01. The van der Waals surface area contributed by atoms with Crippen LogP contribution in [0.2, 0.25) is 0 Å². The molecule has 0 aliphatic carbocycles. The molecule has 0 atom stereocenters. The average molecular weight is 205 g/mol. The zero-order chi connectivity index (χ0) is 10.7. The smallest absolute Gasteiger partial charge is 0.0953 e. The van der Waals surface area contributed by atoms with Crippen LogP contribution in [0.1, 0.15) is 11.4 Å². The lowest BCUT2D eigenvalue weighted by Crippen LogP contribution is -2.05. The van der Waals surface area contributed by atoms with E-state index in [0.717, 1.165) is 18.8 Å². The van der Waals surface area contributed by atoms with Gasteiger partial charge < -0.3 is 14.5 Å². The number of imidazole rings is 2. The summed E-state index contributed by atoms with van der Waals surface area (Å²) in [5, 5.41) is 3.07. The Kier molecular flexibility index (Phi) is 2.82. The quantitative estimate of drug-likeness (QED) is 0.785. The SMILES string of the molecule is CNCc1cn(Cc2cncn2C)cn1. The van der Waals surface area contributed by atoms with Gasteiger partial charge in [0, 0.05) is 26.0 Å². The monoisotopic (exact) mass is 205 g/mol. The van der Waals surface area contributed by atoms with Gasteiger partial charge >= 0.3 is 0 Å². The number of aryl methyl sites for hydroxylation is 1. The summed E-state index contributed by atoms with van der Waals surface area (Å²) < 4.78 is 4.07. The summed E-state index contributed by atoms with van der Waals surface area (Å²) in [7, 11) is 3.91. The minimum Gasteiger partial charge on any atom is -0.336 e. The number of nitrogens with one attached hydrogen (secondary N) is 1. The molecular weight excluding hydrogens is 190 g/mol. The summed E-state index contributed by atoms with van der Waals surface area (Å²) >= 11 is 0. The highest BCUT2D eigenvalue weighted by molar-refractivity contribution is 5.02. The second kappa shape index (κ2) is 4.27. The highest BCUT2D eigenvalue weighted by Gasteiger charge is 2.01. The Balaban J connectivity index is 2.08. The van der Waals surface area contributed by atoms with Crippen LogP contribution in [0.4, 0.5) is 0 Å². The molecule has 5 heteroatoms. The summed E-state index contributed by atoms with van der Waals surface area (Å²) in [5.74, 6) is 0. The first kappa shape index (κ1) is 9.92. The van der Waals surface area contributed by atoms with Gasteiger partial charge in [0.25, 0.3) is 0 Å². The normalized spacial score (nSPS) is 10.8. The van der Waals surface area contributed by atoms with Gasteiger partial charge in [0.15, 0.2) is 0 Å². The minimum absolute atomic E-state index is 0.804. The molecule has 2 aromatic rings. The van der Waals surface area contributed by atoms with E-state index in [4.69, 9.17) is 0 Å². The molecule has 0 radical (unpaired) electrons. The van der Waals surface area contributed by atoms with Gasteiger partial charge in [-0.1, -0.05) is 0 Å². The fourth-order valence-corrected chi connectivity index (χ4v) is 1.49. The predicted molar refractivity (Wildman–Crippen MR) is 57.3 cm³/mol. The molecule has 0 saturated carbocycles. The molecule has 0 aliphatic heterocycles. The Hall–Kier alpha value is -1.62. The maximum Gasteiger partial charge on any atom is 0.0953 e. The average Bonchev–Trinajstić information content (AvgIpc) is 2.79. The Morgan fingerprint density at radius 1 is 1.40 bits per heavy atom. The maximum atomic E-state index is 4.29. The van der Waals surface area contributed by atoms with Crippen LogP contribution in [0.15, 0.2) is 25.0 Å². The standard InChI is InChI=1S/C10H15N5/c1-11-3-9-5-15(8-13-9)6-10-4-12-7-14(10)2/h4-5,7-8,11H,3,6H2,1-2H3. The van der Waals surface area contributed by atoms with Gasteiger partial charge in [-0.25, -0.2) is 9.97 Å². The Labute approximate surface area is 88.8 Å². The minimum atomic E-state index is 0.804. The zero-order valence-corrected chi connectivity index (χ0v) is 9.01. The van der Waals surface area contributed by atoms with Gasteiger partial charge in [0.2, 0.25) is 0 Å². The summed E-state index contributed by atoms with van der Waals surface area (Å²) in [6.45, 7) is 1.62. The molecule has 0 spiro atoms. The first-order valence-electron chi connectivity index (χ1n) is 4.90. The van der Waals surface area contributed by atoms with Crippen molar-refractivity contribution in [3.05, 3.63) is 36.4 Å². The number of hydrogen-bond donors (Lipinski definition) is 1. The van der Waals surface area contributed by atoms with Crippen molar-refractivity contribution in [2.75, 3.05) is 7.05 Å². The van der Waals surface area contributed by atoms with E-state index in [1.807, 2.05) is 37.4 Å². The summed E-state index contributed by atoms with van der Waals surface area (Å²) in [6.07, 6.45) is 7.57. The van der Waals surface area contributed by atoms with E-state index in [0.29, 0.717) is 0 Å². The van der Waals surface area contributed by atoms with Gasteiger partial charge in [-0.05, 0) is 7.05 Å². The third kappa shape index (κ3) is 2.24. The fraction of sp³-hybridized carbons (Fsp3) is 0.400. The van der Waals surface area contributed by atoms with E-state index in [9.17, 15) is 0 Å². The molecule has 0 aromatic carbocycles. The molecule has 2 rings (SSSR count). The van der Waals surface area contributed by atoms with Crippen molar-refractivity contribution in [1.82, 2.24) is 24.4 Å². The molecule has 2 heterocycles. The molecule has 0 saturated heterocycles. The van der Waals surface area contributed by atoms with Crippen molar-refractivity contribution in [2.45, 2.75) is 13.1 Å². The number of aromatic nitrogens is 4. The van der Waals surface area contributed by atoms with Crippen LogP contribution in [-0.4, -0.2) is 26.1 Å². The van der Waals surface area contributed by atoms with Crippen LogP contribution in [0, 0.1) is 0 Å². The molecule has 0 amide bonds. The molecule has 5 nitrogen and oxygen atoms in total. The largest absolute Gasteiger partial charge is 0.336 e. The summed E-state index contributed by atoms with van der Waals surface area (Å²) in [4.78, 5) is 8.36. The molecular formula is C10H15N5. The number of nitrogens with zero attached hydrogens (tertiary/aromatic N) is 4. The second-order valence-corrected chi connectivity index (χ2v) is 3.56. The van der Waals surface area contributed by atoms with E-state index < -0.39 is 0 Å². The molecule has 0 fully saturated rings. The van der Waals surface area contributed by atoms with E-state index in [2.05, 4.69) is 19.9 Å². The van der Waals surface area contributed by atoms with Crippen molar-refractivity contribution in [3.8, 4) is 0 Å². The highest BCUT2D eigenvalue weighted by Crippen LogP contribution is 2.02. The first-order valence-corrected chi connectivity index (χ1v) is 4.90. The van der Waals surface area contributed by atoms with Crippen LogP contribution in [0.3, 0.4) is 0 Å². The lowest BCUT2D eigenvalue weighted by atomic mass is 10.4. The van der Waals surface area contributed by atoms with Crippen molar-refractivity contribution >= 4 is 0 Å². The summed E-state index contributed by atoms with van der Waals surface area (Å²) in [6, 6.07) is 0. The molecule has 0 aliphatic rings. The van der Waals surface area contributed by atoms with Crippen LogP contribution < -0.4 is 5.32 Å². The van der Waals surface area contributed by atoms with Gasteiger partial charge in [0.1, 0.15) is 0 Å². The lowest BCUT2D eigenvalue weighted by Gasteiger charge is -2.02. The molecule has 15 heavy (non-hydrogen) atoms. The maximum absolute atomic E-state index is 4.29. The van der Waals surface area contributed by atoms with Crippen LogP contribution >= 0.6 is 0 Å². The van der Waals surface area contributed by atoms with Crippen LogP contribution in [0.5, 0.6) is 0 Å². The van der Waals surface area contributed by atoms with Gasteiger partial charge in [-0.3, -0.25) is 0 Å². The van der Waals surface area contributed by atoms with Crippen molar-refractivity contribution in [3.63, 3.8) is 0 Å². The molecule has 0 unspecified atom stereocenters. The highest BCUT2D eigenvalue weighted by atomic mass is 15.1. The van der Waals surface area contributed by atoms with E-state index in [-0.39, 0.29) is 0 Å². The molecule has 0 bridgehead atoms. The third-order valence-corrected chi connectivity index (χ3v) is 2.31. The van der Waals surface area contributed by atoms with Crippen molar-refractivity contribution in [2.24, 2.45) is 7.05 Å². The van der Waals surface area contributed by atoms with Crippen molar-refractivity contribution < 1.29 is 0 Å². The van der Waals surface area contributed by atoms with Crippen LogP contribution in [-0.2, 0) is 20.1 Å². The molecule has 80 valence electrons. The third-order valence-electron chi connectivity index (χ3n) is 2.31. The fourth-order valence-electron chi connectivity index (χ4n) is 1.49. The van der Waals surface area contributed by atoms with Gasteiger partial charge in [0.05, 0.1) is 30.6 Å². The Morgan fingerprint density at radius 2 is 2.27 bits per heavy atom. The Morgan fingerprint density at radius 3 is 2.93 bits per heavy atom.